The van der Waals surface area contributed by atoms with E-state index in [1.165, 1.54) is 36.3 Å². The number of anilines is 1. The van der Waals surface area contributed by atoms with Gasteiger partial charge in [0.25, 0.3) is 0 Å². The maximum Gasteiger partial charge on any atom is 0.573 e. The first kappa shape index (κ1) is 52.0. The first-order valence-electron chi connectivity index (χ1n) is 21.3. The van der Waals surface area contributed by atoms with Gasteiger partial charge in [-0.3, -0.25) is 24.1 Å². The molecule has 3 atom stereocenters. The summed E-state index contributed by atoms with van der Waals surface area (Å²) in [4.78, 5) is 45.4. The van der Waals surface area contributed by atoms with Crippen LogP contribution >= 0.6 is 0 Å². The van der Waals surface area contributed by atoms with Gasteiger partial charge in [-0.2, -0.15) is 0 Å². The number of nitrogens with zero attached hydrogens (tertiary/aromatic N) is 3. The van der Waals surface area contributed by atoms with E-state index in [9.17, 15) is 36.0 Å². The van der Waals surface area contributed by atoms with E-state index in [1.807, 2.05) is 45.9 Å². The van der Waals surface area contributed by atoms with E-state index in [2.05, 4.69) is 43.8 Å². The number of fused-ring (bicyclic) bond motifs is 1. The van der Waals surface area contributed by atoms with E-state index in [4.69, 9.17) is 15.2 Å². The maximum atomic E-state index is 12.2. The van der Waals surface area contributed by atoms with Gasteiger partial charge in [0, 0.05) is 48.3 Å². The minimum atomic E-state index is -4.78. The molecule has 0 unspecified atom stereocenters. The summed E-state index contributed by atoms with van der Waals surface area (Å²) < 4.78 is 76.6. The van der Waals surface area contributed by atoms with E-state index in [0.29, 0.717) is 37.9 Å². The molecular weight excluding hydrogens is 842 g/mol. The summed E-state index contributed by atoms with van der Waals surface area (Å²) in [6.45, 7) is 10.4. The molecule has 6 rings (SSSR count). The molecule has 3 aromatic rings. The molecule has 63 heavy (non-hydrogen) atoms. The summed E-state index contributed by atoms with van der Waals surface area (Å²) in [5, 5.41) is 3.38. The number of unbranched alkanes of at least 4 members (excludes halogenated alkanes) is 3. The molecular formula is C45H63F3N6O8S. The number of nitrogens with one attached hydrogen (secondary N) is 2. The van der Waals surface area contributed by atoms with Crippen molar-refractivity contribution in [3.8, 4) is 17.2 Å². The number of likely N-dealkylation sites (tertiary alicyclic amines) is 1. The monoisotopic (exact) mass is 904 g/mol. The number of carbonyl (C=O) groups is 3. The number of hydrogen-bond donors (Lipinski definition) is 3. The van der Waals surface area contributed by atoms with Crippen LogP contribution in [0.5, 0.6) is 17.2 Å². The Kier molecular flexibility index (Phi) is 20.2. The van der Waals surface area contributed by atoms with E-state index in [0.717, 1.165) is 64.3 Å². The predicted molar refractivity (Wildman–Crippen MR) is 240 cm³/mol. The number of rotatable bonds is 16. The second-order valence-electron chi connectivity index (χ2n) is 15.0. The normalized spacial score (nSPS) is 18.2. The Morgan fingerprint density at radius 1 is 1.03 bits per heavy atom. The third-order valence-corrected chi connectivity index (χ3v) is 12.3. The second kappa shape index (κ2) is 24.5. The Morgan fingerprint density at radius 2 is 1.73 bits per heavy atom. The average Bonchev–Trinajstić information content (AvgIpc) is 4.20. The number of aryl methyl sites for hydroxylation is 1. The molecule has 0 spiro atoms. The first-order chi connectivity index (χ1) is 29.9. The summed E-state index contributed by atoms with van der Waals surface area (Å²) in [5.41, 5.74) is 9.13. The van der Waals surface area contributed by atoms with E-state index < -0.39 is 28.3 Å². The molecule has 18 heteroatoms. The molecule has 2 aromatic carbocycles. The molecule has 4 N–H and O–H groups in total. The number of methoxy groups -OCH3 is 2. The molecule has 0 radical (unpaired) electrons. The Labute approximate surface area is 369 Å². The molecule has 14 nitrogen and oxygen atoms in total. The molecule has 2 saturated carbocycles. The Balaban J connectivity index is 0.000000248. The van der Waals surface area contributed by atoms with Gasteiger partial charge < -0.3 is 30.2 Å². The van der Waals surface area contributed by atoms with Crippen LogP contribution in [0.3, 0.4) is 0 Å². The smallest absolute Gasteiger partial charge is 0.496 e. The topological polar surface area (TPSA) is 192 Å². The van der Waals surface area contributed by atoms with E-state index in [1.54, 1.807) is 21.3 Å². The molecule has 3 fully saturated rings. The number of aliphatic imine (C=N–C) groups is 1. The molecule has 3 amide bonds. The number of allylic oxidation sites excluding steroid dienone is 2. The Bertz CT molecular complexity index is 2180. The number of primary amides is 1. The third-order valence-electron chi connectivity index (χ3n) is 10.4. The van der Waals surface area contributed by atoms with Gasteiger partial charge in [-0.05, 0) is 89.0 Å². The van der Waals surface area contributed by atoms with Crippen LogP contribution < -0.4 is 30.0 Å². The summed E-state index contributed by atoms with van der Waals surface area (Å²) in [6.07, 6.45) is 7.49. The zero-order valence-corrected chi connectivity index (χ0v) is 38.3. The van der Waals surface area contributed by atoms with Crippen LogP contribution in [-0.2, 0) is 24.4 Å². The van der Waals surface area contributed by atoms with Crippen LogP contribution in [0.15, 0.2) is 59.6 Å². The van der Waals surface area contributed by atoms with Gasteiger partial charge >= 0.3 is 6.36 Å². The number of aromatic nitrogens is 1. The zero-order valence-electron chi connectivity index (χ0n) is 37.5. The van der Waals surface area contributed by atoms with Crippen LogP contribution in [0.2, 0.25) is 0 Å². The molecule has 2 heterocycles. The van der Waals surface area contributed by atoms with Gasteiger partial charge in [-0.1, -0.05) is 51.8 Å². The van der Waals surface area contributed by atoms with Crippen molar-refractivity contribution in [1.29, 1.82) is 0 Å². The van der Waals surface area contributed by atoms with Crippen LogP contribution in [0.25, 0.3) is 10.9 Å². The number of sulfonamides is 1. The Hall–Kier alpha value is -5.39. The van der Waals surface area contributed by atoms with Crippen LogP contribution in [0.1, 0.15) is 96.7 Å². The van der Waals surface area contributed by atoms with Crippen molar-refractivity contribution >= 4 is 50.0 Å². The van der Waals surface area contributed by atoms with Crippen molar-refractivity contribution in [1.82, 2.24) is 14.6 Å². The maximum absolute atomic E-state index is 12.2. The second-order valence-corrected chi connectivity index (χ2v) is 17.0. The molecule has 348 valence electrons. The molecule has 1 aromatic heterocycles. The molecule has 1 saturated heterocycles. The number of pyridine rings is 1. The van der Waals surface area contributed by atoms with Crippen molar-refractivity contribution in [3.63, 3.8) is 0 Å². The Morgan fingerprint density at radius 3 is 2.33 bits per heavy atom. The first-order valence-corrected chi connectivity index (χ1v) is 22.8. The van der Waals surface area contributed by atoms with Gasteiger partial charge in [0.1, 0.15) is 23.3 Å². The van der Waals surface area contributed by atoms with Crippen molar-refractivity contribution in [2.24, 2.45) is 22.6 Å². The fourth-order valence-corrected chi connectivity index (χ4v) is 8.06. The third kappa shape index (κ3) is 16.0. The minimum Gasteiger partial charge on any atom is -0.496 e. The number of benzene rings is 2. The van der Waals surface area contributed by atoms with Gasteiger partial charge in [-0.25, -0.2) is 13.4 Å². The molecule has 2 aliphatic carbocycles. The number of halogens is 3. The number of ether oxygens (including phenoxy) is 3. The standard InChI is InChI=1S/C15H18N2O2.C14H16F3N3O3.C14H23NO3S.C2H6/c1-9-13(18-4)7-6-11-14(19-5)8-12(10(2)16-3)17-15(9)11;15-14(16,17)23-10-4-1-3-9(7-10)19-8-12(21)20-6-2-5-11(20)13(18)22;1-2-3-4-5-6-7-11-10-13(11)14(16)15-19(17,18)12-8-9-12;1-2/h6-8H,1-5H3;1,3-4,7,11,19H,2,5-6,8H2,(H2,18,22);6-7,11-13H,2-5,8-10H2,1H3,(H,15,16);1-2H3/b;;7-6-;/t;11-;11-,13+;/m.01./s1. The number of hydrogen-bond acceptors (Lipinski definition) is 11. The lowest BCUT2D eigenvalue weighted by Gasteiger charge is -2.22. The van der Waals surface area contributed by atoms with Crippen LogP contribution in [0, 0.1) is 18.8 Å². The highest BCUT2D eigenvalue weighted by Gasteiger charge is 2.45. The molecule has 0 bridgehead atoms. The van der Waals surface area contributed by atoms with Gasteiger partial charge in [0.2, 0.25) is 27.7 Å². The largest absolute Gasteiger partial charge is 0.573 e. The summed E-state index contributed by atoms with van der Waals surface area (Å²) in [7, 11) is 1.71. The van der Waals surface area contributed by atoms with E-state index >= 15 is 0 Å². The van der Waals surface area contributed by atoms with Crippen LogP contribution in [0.4, 0.5) is 18.9 Å². The lowest BCUT2D eigenvalue weighted by atomic mass is 10.1. The number of alkyl halides is 3. The minimum absolute atomic E-state index is 0.129. The van der Waals surface area contributed by atoms with Gasteiger partial charge in [0.05, 0.1) is 42.9 Å². The highest BCUT2D eigenvalue weighted by Crippen LogP contribution is 2.40. The lowest BCUT2D eigenvalue weighted by Crippen LogP contribution is -2.45. The highest BCUT2D eigenvalue weighted by molar-refractivity contribution is 7.90. The van der Waals surface area contributed by atoms with Gasteiger partial charge in [-0.15, -0.1) is 13.2 Å². The summed E-state index contributed by atoms with van der Waals surface area (Å²) >= 11 is 0. The number of nitrogens with two attached hydrogens (primary N) is 1. The van der Waals surface area contributed by atoms with E-state index in [-0.39, 0.29) is 41.2 Å². The summed E-state index contributed by atoms with van der Waals surface area (Å²) in [5.74, 6) is 0.150. The van der Waals surface area contributed by atoms with Crippen molar-refractivity contribution < 1.29 is 50.2 Å². The molecule has 3 aliphatic rings. The average molecular weight is 905 g/mol. The van der Waals surface area contributed by atoms with Gasteiger partial charge in [0.15, 0.2) is 0 Å². The van der Waals surface area contributed by atoms with Crippen molar-refractivity contribution in [2.45, 2.75) is 110 Å². The zero-order chi connectivity index (χ0) is 46.9. The fraction of sp³-hybridized carbons (Fsp3) is 0.533. The predicted octanol–water partition coefficient (Wildman–Crippen LogP) is 7.87. The van der Waals surface area contributed by atoms with Crippen molar-refractivity contribution in [3.05, 3.63) is 65.9 Å². The highest BCUT2D eigenvalue weighted by atomic mass is 32.2. The number of carbonyl (C=O) groups excluding carboxylic acids is 3. The molecule has 1 aliphatic heterocycles. The SMILES string of the molecule is CC.CCCCC/C=C\[C@@H]1C[C@@H]1C(=O)NS(=O)(=O)C1CC1.CN=C(C)c1cc(OC)c2ccc(OC)c(C)c2n1.NC(=O)[C@@H]1CCCN1C(=O)CNc1cccc(OC(F)(F)F)c1. The number of amides is 3. The fourth-order valence-electron chi connectivity index (χ4n) is 6.70. The summed E-state index contributed by atoms with van der Waals surface area (Å²) in [6, 6.07) is 10.4. The lowest BCUT2D eigenvalue weighted by molar-refractivity contribution is -0.274. The van der Waals surface area contributed by atoms with Crippen LogP contribution in [-0.4, -0.2) is 93.7 Å². The quantitative estimate of drug-likeness (QED) is 0.0724. The van der Waals surface area contributed by atoms with Crippen molar-refractivity contribution in [2.75, 3.05) is 39.7 Å².